The van der Waals surface area contributed by atoms with Gasteiger partial charge in [-0.2, -0.15) is 0 Å². The molecule has 0 atom stereocenters. The molecular weight excluding hydrogens is 208 g/mol. The van der Waals surface area contributed by atoms with E-state index in [-0.39, 0.29) is 5.78 Å². The van der Waals surface area contributed by atoms with Crippen molar-refractivity contribution in [1.82, 2.24) is 9.88 Å². The highest BCUT2D eigenvalue weighted by atomic mass is 32.1. The molecule has 0 fully saturated rings. The Kier molecular flexibility index (Phi) is 2.86. The number of carbonyl (C=O) groups is 1. The van der Waals surface area contributed by atoms with E-state index < -0.39 is 0 Å². The smallest absolute Gasteiger partial charge is 0.157 e. The first kappa shape index (κ1) is 10.4. The van der Waals surface area contributed by atoms with E-state index in [2.05, 4.69) is 15.3 Å². The van der Waals surface area contributed by atoms with E-state index in [1.54, 1.807) is 17.4 Å². The summed E-state index contributed by atoms with van der Waals surface area (Å²) in [4.78, 5) is 17.6. The Morgan fingerprint density at radius 1 is 1.53 bits per heavy atom. The second-order valence-corrected chi connectivity index (χ2v) is 4.78. The molecule has 15 heavy (non-hydrogen) atoms. The summed E-state index contributed by atoms with van der Waals surface area (Å²) in [6.07, 6.45) is 3.29. The van der Waals surface area contributed by atoms with Crippen molar-refractivity contribution in [2.24, 2.45) is 0 Å². The summed E-state index contributed by atoms with van der Waals surface area (Å²) in [5.41, 5.74) is 2.20. The van der Waals surface area contributed by atoms with Gasteiger partial charge in [0, 0.05) is 36.3 Å². The van der Waals surface area contributed by atoms with Gasteiger partial charge in [-0.3, -0.25) is 4.79 Å². The van der Waals surface area contributed by atoms with Crippen molar-refractivity contribution < 1.29 is 4.79 Å². The number of thiazole rings is 1. The van der Waals surface area contributed by atoms with E-state index in [9.17, 15) is 4.79 Å². The summed E-state index contributed by atoms with van der Waals surface area (Å²) in [6, 6.07) is 0. The van der Waals surface area contributed by atoms with Crippen LogP contribution in [0, 0.1) is 6.92 Å². The standard InChI is InChI=1S/C11H14N2OS/c1-8-7-15-11(12-8)6-13(2)9-3-4-10(14)5-9/h5,7H,3-4,6H2,1-2H3. The van der Waals surface area contributed by atoms with E-state index in [1.165, 1.54) is 0 Å². The van der Waals surface area contributed by atoms with E-state index >= 15 is 0 Å². The molecule has 1 aromatic heterocycles. The van der Waals surface area contributed by atoms with E-state index in [1.807, 2.05) is 14.0 Å². The molecule has 1 aliphatic rings. The molecule has 0 aliphatic heterocycles. The van der Waals surface area contributed by atoms with Gasteiger partial charge in [-0.05, 0) is 13.3 Å². The number of ketones is 1. The number of aryl methyl sites for hydroxylation is 1. The van der Waals surface area contributed by atoms with Crippen LogP contribution in [0.3, 0.4) is 0 Å². The normalized spacial score (nSPS) is 15.6. The Balaban J connectivity index is 2.01. The number of nitrogens with zero attached hydrogens (tertiary/aromatic N) is 2. The monoisotopic (exact) mass is 222 g/mol. The Morgan fingerprint density at radius 3 is 2.87 bits per heavy atom. The molecular formula is C11H14N2OS. The number of aromatic nitrogens is 1. The molecule has 2 rings (SSSR count). The minimum Gasteiger partial charge on any atom is -0.371 e. The Bertz CT molecular complexity index is 408. The van der Waals surface area contributed by atoms with Crippen LogP contribution in [0.25, 0.3) is 0 Å². The molecule has 1 aliphatic carbocycles. The summed E-state index contributed by atoms with van der Waals surface area (Å²) in [5.74, 6) is 0.243. The van der Waals surface area contributed by atoms with Crippen molar-refractivity contribution in [2.75, 3.05) is 7.05 Å². The fourth-order valence-corrected chi connectivity index (χ4v) is 2.49. The summed E-state index contributed by atoms with van der Waals surface area (Å²) < 4.78 is 0. The fourth-order valence-electron chi connectivity index (χ4n) is 1.66. The summed E-state index contributed by atoms with van der Waals surface area (Å²) in [6.45, 7) is 2.80. The van der Waals surface area contributed by atoms with Crippen molar-refractivity contribution in [1.29, 1.82) is 0 Å². The molecule has 0 saturated carbocycles. The van der Waals surface area contributed by atoms with Crippen molar-refractivity contribution in [3.05, 3.63) is 27.9 Å². The van der Waals surface area contributed by atoms with Crippen LogP contribution in [0.1, 0.15) is 23.5 Å². The lowest BCUT2D eigenvalue weighted by atomic mass is 10.3. The van der Waals surface area contributed by atoms with Crippen LogP contribution in [0.2, 0.25) is 0 Å². The zero-order chi connectivity index (χ0) is 10.8. The van der Waals surface area contributed by atoms with Crippen LogP contribution in [-0.4, -0.2) is 22.7 Å². The number of carbonyl (C=O) groups excluding carboxylic acids is 1. The van der Waals surface area contributed by atoms with Crippen molar-refractivity contribution in [3.8, 4) is 0 Å². The zero-order valence-corrected chi connectivity index (χ0v) is 9.80. The molecule has 3 nitrogen and oxygen atoms in total. The Hall–Kier alpha value is -1.16. The van der Waals surface area contributed by atoms with Crippen LogP contribution >= 0.6 is 11.3 Å². The van der Waals surface area contributed by atoms with Crippen molar-refractivity contribution in [2.45, 2.75) is 26.3 Å². The van der Waals surface area contributed by atoms with Crippen molar-refractivity contribution >= 4 is 17.1 Å². The summed E-state index contributed by atoms with van der Waals surface area (Å²) in [5, 5.41) is 3.16. The Morgan fingerprint density at radius 2 is 2.33 bits per heavy atom. The maximum atomic E-state index is 11.1. The molecule has 0 bridgehead atoms. The van der Waals surface area contributed by atoms with Crippen LogP contribution in [0.5, 0.6) is 0 Å². The number of allylic oxidation sites excluding steroid dienone is 2. The quantitative estimate of drug-likeness (QED) is 0.785. The molecule has 1 aromatic rings. The lowest BCUT2D eigenvalue weighted by Crippen LogP contribution is -2.15. The molecule has 0 amide bonds. The highest BCUT2D eigenvalue weighted by molar-refractivity contribution is 7.09. The summed E-state index contributed by atoms with van der Waals surface area (Å²) in [7, 11) is 2.02. The van der Waals surface area contributed by atoms with Gasteiger partial charge in [0.05, 0.1) is 6.54 Å². The lowest BCUT2D eigenvalue weighted by molar-refractivity contribution is -0.114. The van der Waals surface area contributed by atoms with E-state index in [4.69, 9.17) is 0 Å². The molecule has 0 spiro atoms. The molecule has 4 heteroatoms. The first-order valence-corrected chi connectivity index (χ1v) is 5.88. The highest BCUT2D eigenvalue weighted by Gasteiger charge is 2.16. The van der Waals surface area contributed by atoms with Gasteiger partial charge in [0.15, 0.2) is 5.78 Å². The molecule has 0 unspecified atom stereocenters. The number of hydrogen-bond donors (Lipinski definition) is 0. The fraction of sp³-hybridized carbons (Fsp3) is 0.455. The van der Waals surface area contributed by atoms with Gasteiger partial charge in [-0.15, -0.1) is 11.3 Å². The Labute approximate surface area is 93.4 Å². The molecule has 0 radical (unpaired) electrons. The predicted molar refractivity (Wildman–Crippen MR) is 60.6 cm³/mol. The van der Waals surface area contributed by atoms with Gasteiger partial charge >= 0.3 is 0 Å². The second-order valence-electron chi connectivity index (χ2n) is 3.84. The maximum Gasteiger partial charge on any atom is 0.157 e. The van der Waals surface area contributed by atoms with Gasteiger partial charge < -0.3 is 4.90 Å². The molecule has 0 N–H and O–H groups in total. The number of rotatable bonds is 3. The summed E-state index contributed by atoms with van der Waals surface area (Å²) >= 11 is 1.67. The lowest BCUT2D eigenvalue weighted by Gasteiger charge is -2.18. The second kappa shape index (κ2) is 4.14. The third-order valence-electron chi connectivity index (χ3n) is 2.48. The van der Waals surface area contributed by atoms with Crippen LogP contribution in [0.4, 0.5) is 0 Å². The first-order chi connectivity index (χ1) is 7.15. The van der Waals surface area contributed by atoms with Gasteiger partial charge in [0.25, 0.3) is 0 Å². The van der Waals surface area contributed by atoms with Crippen LogP contribution in [0.15, 0.2) is 17.2 Å². The van der Waals surface area contributed by atoms with Gasteiger partial charge in [-0.1, -0.05) is 0 Å². The van der Waals surface area contributed by atoms with Crippen molar-refractivity contribution in [3.63, 3.8) is 0 Å². The molecule has 0 aromatic carbocycles. The SMILES string of the molecule is Cc1csc(CN(C)C2=CC(=O)CC2)n1. The van der Waals surface area contributed by atoms with Gasteiger partial charge in [-0.25, -0.2) is 4.98 Å². The van der Waals surface area contributed by atoms with E-state index in [0.717, 1.165) is 29.4 Å². The number of hydrogen-bond acceptors (Lipinski definition) is 4. The van der Waals surface area contributed by atoms with Gasteiger partial charge in [0.1, 0.15) is 5.01 Å². The largest absolute Gasteiger partial charge is 0.371 e. The average molecular weight is 222 g/mol. The maximum absolute atomic E-state index is 11.1. The van der Waals surface area contributed by atoms with Crippen LogP contribution < -0.4 is 0 Å². The van der Waals surface area contributed by atoms with Gasteiger partial charge in [0.2, 0.25) is 0 Å². The minimum atomic E-state index is 0.243. The third-order valence-corrected chi connectivity index (χ3v) is 3.44. The topological polar surface area (TPSA) is 33.2 Å². The highest BCUT2D eigenvalue weighted by Crippen LogP contribution is 2.20. The third kappa shape index (κ3) is 2.45. The zero-order valence-electron chi connectivity index (χ0n) is 8.99. The van der Waals surface area contributed by atoms with E-state index in [0.29, 0.717) is 6.42 Å². The van der Waals surface area contributed by atoms with Crippen LogP contribution in [-0.2, 0) is 11.3 Å². The first-order valence-electron chi connectivity index (χ1n) is 5.00. The minimum absolute atomic E-state index is 0.243. The molecule has 0 saturated heterocycles. The molecule has 80 valence electrons. The molecule has 1 heterocycles. The average Bonchev–Trinajstić information content (AvgIpc) is 2.75. The predicted octanol–water partition coefficient (Wildman–Crippen LogP) is 2.13.